The van der Waals surface area contributed by atoms with Crippen molar-refractivity contribution >= 4 is 5.91 Å². The summed E-state index contributed by atoms with van der Waals surface area (Å²) in [5.74, 6) is 0.202. The highest BCUT2D eigenvalue weighted by Gasteiger charge is 2.35. The van der Waals surface area contributed by atoms with Crippen molar-refractivity contribution in [2.24, 2.45) is 0 Å². The second-order valence-electron chi connectivity index (χ2n) is 5.03. The van der Waals surface area contributed by atoms with Crippen LogP contribution in [0.2, 0.25) is 0 Å². The Balaban J connectivity index is 2.64. The third kappa shape index (κ3) is 3.19. The number of nitrogens with one attached hydrogen (secondary N) is 1. The Morgan fingerprint density at radius 1 is 1.56 bits per heavy atom. The van der Waals surface area contributed by atoms with E-state index in [2.05, 4.69) is 12.2 Å². The van der Waals surface area contributed by atoms with Crippen LogP contribution in [0.4, 0.5) is 0 Å². The highest BCUT2D eigenvalue weighted by Crippen LogP contribution is 2.17. The van der Waals surface area contributed by atoms with Gasteiger partial charge in [0.25, 0.3) is 0 Å². The van der Waals surface area contributed by atoms with Crippen LogP contribution in [-0.4, -0.2) is 49.2 Å². The number of amides is 1. The number of ether oxygens (including phenoxy) is 1. The lowest BCUT2D eigenvalue weighted by molar-refractivity contribution is -0.138. The van der Waals surface area contributed by atoms with E-state index in [0.29, 0.717) is 12.6 Å². The molecule has 1 amide bonds. The number of methoxy groups -OCH3 is 1. The second-order valence-corrected chi connectivity index (χ2v) is 5.03. The summed E-state index contributed by atoms with van der Waals surface area (Å²) in [6, 6.07) is 0.318. The van der Waals surface area contributed by atoms with Crippen molar-refractivity contribution in [2.45, 2.75) is 45.2 Å². The number of carbonyl (C=O) groups excluding carboxylic acids is 1. The molecule has 1 fully saturated rings. The Labute approximate surface area is 98.3 Å². The van der Waals surface area contributed by atoms with Crippen LogP contribution in [0.1, 0.15) is 33.6 Å². The van der Waals surface area contributed by atoms with E-state index in [1.807, 2.05) is 18.7 Å². The molecule has 0 saturated carbocycles. The van der Waals surface area contributed by atoms with Gasteiger partial charge in [-0.3, -0.25) is 4.79 Å². The van der Waals surface area contributed by atoms with E-state index in [4.69, 9.17) is 4.74 Å². The van der Waals surface area contributed by atoms with Gasteiger partial charge in [-0.2, -0.15) is 0 Å². The maximum absolute atomic E-state index is 12.3. The second kappa shape index (κ2) is 5.64. The molecule has 4 nitrogen and oxygen atoms in total. The lowest BCUT2D eigenvalue weighted by Crippen LogP contribution is -2.53. The first-order valence-electron chi connectivity index (χ1n) is 6.04. The van der Waals surface area contributed by atoms with Crippen LogP contribution in [0, 0.1) is 0 Å². The number of carbonyl (C=O) groups is 1. The van der Waals surface area contributed by atoms with Crippen LogP contribution in [-0.2, 0) is 9.53 Å². The molecular weight excluding hydrogens is 204 g/mol. The lowest BCUT2D eigenvalue weighted by Gasteiger charge is -2.32. The van der Waals surface area contributed by atoms with Gasteiger partial charge in [0.05, 0.1) is 5.54 Å². The first-order valence-corrected chi connectivity index (χ1v) is 6.04. The van der Waals surface area contributed by atoms with Crippen LogP contribution < -0.4 is 5.32 Å². The maximum Gasteiger partial charge on any atom is 0.242 e. The summed E-state index contributed by atoms with van der Waals surface area (Å²) < 4.78 is 5.03. The molecule has 1 atom stereocenters. The van der Waals surface area contributed by atoms with Crippen LogP contribution in [0.3, 0.4) is 0 Å². The number of hydrogen-bond acceptors (Lipinski definition) is 3. The molecule has 16 heavy (non-hydrogen) atoms. The Kier molecular flexibility index (Phi) is 4.74. The van der Waals surface area contributed by atoms with E-state index in [1.54, 1.807) is 7.11 Å². The standard InChI is InChI=1S/C12H24N2O2/c1-10-6-7-13-12(2,3)11(15)14(10)8-5-9-16-4/h10,13H,5-9H2,1-4H3. The minimum atomic E-state index is -0.433. The highest BCUT2D eigenvalue weighted by atomic mass is 16.5. The van der Waals surface area contributed by atoms with Crippen LogP contribution in [0.15, 0.2) is 0 Å². The van der Waals surface area contributed by atoms with E-state index in [9.17, 15) is 4.79 Å². The smallest absolute Gasteiger partial charge is 0.242 e. The molecule has 0 spiro atoms. The van der Waals surface area contributed by atoms with Gasteiger partial charge in [-0.25, -0.2) is 0 Å². The fourth-order valence-electron chi connectivity index (χ4n) is 2.09. The molecule has 1 unspecified atom stereocenters. The van der Waals surface area contributed by atoms with Crippen molar-refractivity contribution in [2.75, 3.05) is 26.8 Å². The predicted octanol–water partition coefficient (Wildman–Crippen LogP) is 1.01. The molecule has 1 rings (SSSR count). The van der Waals surface area contributed by atoms with E-state index >= 15 is 0 Å². The zero-order valence-electron chi connectivity index (χ0n) is 10.9. The SMILES string of the molecule is COCCCN1C(=O)C(C)(C)NCCC1C. The topological polar surface area (TPSA) is 41.6 Å². The minimum Gasteiger partial charge on any atom is -0.385 e. The normalized spacial score (nSPS) is 25.6. The van der Waals surface area contributed by atoms with Crippen LogP contribution >= 0.6 is 0 Å². The third-order valence-corrected chi connectivity index (χ3v) is 3.20. The molecule has 1 N–H and O–H groups in total. The first-order chi connectivity index (χ1) is 7.49. The highest BCUT2D eigenvalue weighted by molar-refractivity contribution is 5.86. The summed E-state index contributed by atoms with van der Waals surface area (Å²) >= 11 is 0. The van der Waals surface area contributed by atoms with Crippen LogP contribution in [0.5, 0.6) is 0 Å². The van der Waals surface area contributed by atoms with Gasteiger partial charge in [-0.1, -0.05) is 0 Å². The third-order valence-electron chi connectivity index (χ3n) is 3.20. The molecule has 1 saturated heterocycles. The van der Waals surface area contributed by atoms with Crippen molar-refractivity contribution in [3.8, 4) is 0 Å². The summed E-state index contributed by atoms with van der Waals surface area (Å²) in [4.78, 5) is 14.3. The number of hydrogen-bond donors (Lipinski definition) is 1. The van der Waals surface area contributed by atoms with E-state index in [0.717, 1.165) is 25.9 Å². The summed E-state index contributed by atoms with van der Waals surface area (Å²) in [7, 11) is 1.69. The quantitative estimate of drug-likeness (QED) is 0.730. The predicted molar refractivity (Wildman–Crippen MR) is 64.4 cm³/mol. The Morgan fingerprint density at radius 3 is 2.88 bits per heavy atom. The van der Waals surface area contributed by atoms with E-state index < -0.39 is 5.54 Å². The summed E-state index contributed by atoms with van der Waals surface area (Å²) in [6.45, 7) is 8.44. The molecule has 0 radical (unpaired) electrons. The summed E-state index contributed by atoms with van der Waals surface area (Å²) in [5, 5.41) is 3.30. The van der Waals surface area contributed by atoms with Gasteiger partial charge in [-0.05, 0) is 40.2 Å². The van der Waals surface area contributed by atoms with Gasteiger partial charge in [-0.15, -0.1) is 0 Å². The molecule has 4 heteroatoms. The average Bonchev–Trinajstić information content (AvgIpc) is 2.30. The van der Waals surface area contributed by atoms with Gasteiger partial charge < -0.3 is 15.0 Å². The molecule has 1 aliphatic rings. The molecule has 0 bridgehead atoms. The van der Waals surface area contributed by atoms with Gasteiger partial charge in [0.15, 0.2) is 0 Å². The minimum absolute atomic E-state index is 0.202. The number of rotatable bonds is 4. The molecule has 0 aliphatic carbocycles. The molecule has 94 valence electrons. The van der Waals surface area contributed by atoms with E-state index in [1.165, 1.54) is 0 Å². The average molecular weight is 228 g/mol. The van der Waals surface area contributed by atoms with Gasteiger partial charge in [0, 0.05) is 26.3 Å². The molecule has 1 aliphatic heterocycles. The zero-order chi connectivity index (χ0) is 12.2. The molecular formula is C12H24N2O2. The van der Waals surface area contributed by atoms with Gasteiger partial charge in [0.1, 0.15) is 0 Å². The zero-order valence-corrected chi connectivity index (χ0v) is 10.9. The van der Waals surface area contributed by atoms with Crippen LogP contribution in [0.25, 0.3) is 0 Å². The molecule has 1 heterocycles. The Hall–Kier alpha value is -0.610. The maximum atomic E-state index is 12.3. The van der Waals surface area contributed by atoms with Crippen molar-refractivity contribution in [1.82, 2.24) is 10.2 Å². The number of nitrogens with zero attached hydrogens (tertiary/aromatic N) is 1. The monoisotopic (exact) mass is 228 g/mol. The molecule has 0 aromatic rings. The lowest BCUT2D eigenvalue weighted by atomic mass is 10.0. The first kappa shape index (κ1) is 13.5. The van der Waals surface area contributed by atoms with Crippen molar-refractivity contribution in [3.63, 3.8) is 0 Å². The Bertz CT molecular complexity index is 241. The van der Waals surface area contributed by atoms with E-state index in [-0.39, 0.29) is 5.91 Å². The van der Waals surface area contributed by atoms with Crippen molar-refractivity contribution in [1.29, 1.82) is 0 Å². The molecule has 0 aromatic carbocycles. The van der Waals surface area contributed by atoms with Crippen molar-refractivity contribution < 1.29 is 9.53 Å². The molecule has 0 aromatic heterocycles. The van der Waals surface area contributed by atoms with Gasteiger partial charge >= 0.3 is 0 Å². The Morgan fingerprint density at radius 2 is 2.25 bits per heavy atom. The summed E-state index contributed by atoms with van der Waals surface area (Å²) in [6.07, 6.45) is 1.92. The summed E-state index contributed by atoms with van der Waals surface area (Å²) in [5.41, 5.74) is -0.433. The van der Waals surface area contributed by atoms with Gasteiger partial charge in [0.2, 0.25) is 5.91 Å². The van der Waals surface area contributed by atoms with Crippen molar-refractivity contribution in [3.05, 3.63) is 0 Å². The fourth-order valence-corrected chi connectivity index (χ4v) is 2.09. The fraction of sp³-hybridized carbons (Fsp3) is 0.917. The largest absolute Gasteiger partial charge is 0.385 e.